The van der Waals surface area contributed by atoms with Crippen molar-refractivity contribution in [3.05, 3.63) is 182 Å². The van der Waals surface area contributed by atoms with Crippen LogP contribution >= 0.6 is 11.3 Å². The first kappa shape index (κ1) is 28.4. The molecule has 2 nitrogen and oxygen atoms in total. The smallest absolute Gasteiger partial charge is 0.0542 e. The number of thiophene rings is 1. The largest absolute Gasteiger partial charge is 0.309 e. The SMILES string of the molecule is c1ccc2c(c1)sc1c(-c3ccc(-c4ccc(-n5c6ccccc6c6cc(-n7c8ccccc8c8ccccc87)ccc65)cc4)cc3)cccc12. The molecule has 0 saturated heterocycles. The lowest BCUT2D eigenvalue weighted by molar-refractivity contribution is 1.17. The second-order valence-electron chi connectivity index (χ2n) is 13.3. The number of benzene rings is 8. The lowest BCUT2D eigenvalue weighted by Gasteiger charge is -2.11. The summed E-state index contributed by atoms with van der Waals surface area (Å²) in [7, 11) is 0. The van der Waals surface area contributed by atoms with Gasteiger partial charge in [-0.15, -0.1) is 11.3 Å². The van der Waals surface area contributed by atoms with Crippen LogP contribution in [0.3, 0.4) is 0 Å². The highest BCUT2D eigenvalue weighted by molar-refractivity contribution is 7.26. The zero-order chi connectivity index (χ0) is 33.5. The zero-order valence-electron chi connectivity index (χ0n) is 27.6. The van der Waals surface area contributed by atoms with Gasteiger partial charge in [0.2, 0.25) is 0 Å². The molecule has 0 bridgehead atoms. The molecule has 0 N–H and O–H groups in total. The van der Waals surface area contributed by atoms with Crippen molar-refractivity contribution in [3.8, 4) is 33.6 Å². The Kier molecular flexibility index (Phi) is 6.16. The highest BCUT2D eigenvalue weighted by Crippen LogP contribution is 2.41. The lowest BCUT2D eigenvalue weighted by atomic mass is 9.99. The maximum atomic E-state index is 2.40. The van der Waals surface area contributed by atoms with E-state index in [9.17, 15) is 0 Å². The van der Waals surface area contributed by atoms with Crippen LogP contribution in [-0.4, -0.2) is 9.13 Å². The Morgan fingerprint density at radius 3 is 1.45 bits per heavy atom. The molecule has 3 heteroatoms. The van der Waals surface area contributed by atoms with Crippen LogP contribution in [0, 0.1) is 0 Å². The molecule has 11 rings (SSSR count). The summed E-state index contributed by atoms with van der Waals surface area (Å²) >= 11 is 1.88. The average Bonchev–Trinajstić information content (AvgIpc) is 3.86. The summed E-state index contributed by atoms with van der Waals surface area (Å²) in [5, 5.41) is 7.73. The van der Waals surface area contributed by atoms with Crippen molar-refractivity contribution < 1.29 is 0 Å². The van der Waals surface area contributed by atoms with Gasteiger partial charge in [-0.1, -0.05) is 127 Å². The van der Waals surface area contributed by atoms with Gasteiger partial charge in [0, 0.05) is 53.1 Å². The minimum atomic E-state index is 1.16. The first-order chi connectivity index (χ1) is 25.3. The van der Waals surface area contributed by atoms with E-state index in [4.69, 9.17) is 0 Å². The van der Waals surface area contributed by atoms with E-state index >= 15 is 0 Å². The molecule has 0 spiro atoms. The second kappa shape index (κ2) is 11.0. The normalized spacial score (nSPS) is 11.9. The zero-order valence-corrected chi connectivity index (χ0v) is 28.4. The van der Waals surface area contributed by atoms with E-state index in [0.29, 0.717) is 0 Å². The van der Waals surface area contributed by atoms with Gasteiger partial charge in [-0.3, -0.25) is 0 Å². The Morgan fingerprint density at radius 1 is 0.314 bits per heavy atom. The molecule has 0 amide bonds. The maximum absolute atomic E-state index is 2.40. The van der Waals surface area contributed by atoms with Gasteiger partial charge in [-0.2, -0.15) is 0 Å². The van der Waals surface area contributed by atoms with Gasteiger partial charge >= 0.3 is 0 Å². The van der Waals surface area contributed by atoms with E-state index in [2.05, 4.69) is 191 Å². The summed E-state index contributed by atoms with van der Waals surface area (Å²) in [6.45, 7) is 0. The van der Waals surface area contributed by atoms with Gasteiger partial charge in [0.25, 0.3) is 0 Å². The van der Waals surface area contributed by atoms with Gasteiger partial charge in [0.05, 0.1) is 22.1 Å². The van der Waals surface area contributed by atoms with Gasteiger partial charge in [-0.05, 0) is 76.9 Å². The fourth-order valence-electron chi connectivity index (χ4n) is 8.20. The summed E-state index contributed by atoms with van der Waals surface area (Å²) in [6, 6.07) is 66.6. The Balaban J connectivity index is 0.981. The van der Waals surface area contributed by atoms with Crippen molar-refractivity contribution in [2.24, 2.45) is 0 Å². The molecule has 8 aromatic carbocycles. The van der Waals surface area contributed by atoms with Crippen molar-refractivity contribution in [2.75, 3.05) is 0 Å². The minimum Gasteiger partial charge on any atom is -0.309 e. The summed E-state index contributed by atoms with van der Waals surface area (Å²) in [5.41, 5.74) is 12.2. The third-order valence-electron chi connectivity index (χ3n) is 10.6. The number of fused-ring (bicyclic) bond motifs is 9. The molecule has 11 aromatic rings. The fraction of sp³-hybridized carbons (Fsp3) is 0. The maximum Gasteiger partial charge on any atom is 0.0542 e. The van der Waals surface area contributed by atoms with Crippen molar-refractivity contribution in [1.29, 1.82) is 0 Å². The number of rotatable bonds is 4. The fourth-order valence-corrected chi connectivity index (χ4v) is 9.44. The average molecular weight is 667 g/mol. The Labute approximate surface area is 298 Å². The van der Waals surface area contributed by atoms with Crippen molar-refractivity contribution in [1.82, 2.24) is 9.13 Å². The first-order valence-electron chi connectivity index (χ1n) is 17.4. The van der Waals surface area contributed by atoms with Crippen LogP contribution in [0.4, 0.5) is 0 Å². The third-order valence-corrected chi connectivity index (χ3v) is 11.8. The third kappa shape index (κ3) is 4.29. The molecule has 0 atom stereocenters. The van der Waals surface area contributed by atoms with Crippen LogP contribution in [0.15, 0.2) is 182 Å². The number of aromatic nitrogens is 2. The monoisotopic (exact) mass is 666 g/mol. The summed E-state index contributed by atoms with van der Waals surface area (Å²) in [5.74, 6) is 0. The van der Waals surface area contributed by atoms with E-state index in [1.54, 1.807) is 0 Å². The Bertz CT molecular complexity index is 3070. The summed E-state index contributed by atoms with van der Waals surface area (Å²) in [6.07, 6.45) is 0. The number of para-hydroxylation sites is 3. The van der Waals surface area contributed by atoms with Crippen LogP contribution in [0.5, 0.6) is 0 Å². The van der Waals surface area contributed by atoms with Crippen molar-refractivity contribution >= 4 is 75.1 Å². The first-order valence-corrected chi connectivity index (χ1v) is 18.3. The molecule has 0 aliphatic carbocycles. The molecule has 0 aliphatic rings. The van der Waals surface area contributed by atoms with Crippen molar-refractivity contribution in [2.45, 2.75) is 0 Å². The van der Waals surface area contributed by atoms with Crippen LogP contribution in [0.1, 0.15) is 0 Å². The van der Waals surface area contributed by atoms with E-state index in [1.807, 2.05) is 11.3 Å². The van der Waals surface area contributed by atoms with Crippen molar-refractivity contribution in [3.63, 3.8) is 0 Å². The molecule has 0 saturated carbocycles. The van der Waals surface area contributed by atoms with Crippen LogP contribution in [-0.2, 0) is 0 Å². The van der Waals surface area contributed by atoms with E-state index < -0.39 is 0 Å². The molecule has 51 heavy (non-hydrogen) atoms. The number of nitrogens with zero attached hydrogens (tertiary/aromatic N) is 2. The van der Waals surface area contributed by atoms with E-state index in [-0.39, 0.29) is 0 Å². The predicted molar refractivity (Wildman–Crippen MR) is 219 cm³/mol. The molecule has 0 radical (unpaired) electrons. The Hall–Kier alpha value is -6.42. The highest BCUT2D eigenvalue weighted by Gasteiger charge is 2.16. The molecular weight excluding hydrogens is 637 g/mol. The van der Waals surface area contributed by atoms with Crippen LogP contribution in [0.2, 0.25) is 0 Å². The van der Waals surface area contributed by atoms with E-state index in [1.165, 1.54) is 91.7 Å². The summed E-state index contributed by atoms with van der Waals surface area (Å²) < 4.78 is 7.49. The second-order valence-corrected chi connectivity index (χ2v) is 14.4. The topological polar surface area (TPSA) is 9.86 Å². The van der Waals surface area contributed by atoms with Crippen LogP contribution in [0.25, 0.3) is 97.4 Å². The van der Waals surface area contributed by atoms with Crippen LogP contribution < -0.4 is 0 Å². The predicted octanol–water partition coefficient (Wildman–Crippen LogP) is 13.6. The number of hydrogen-bond donors (Lipinski definition) is 0. The van der Waals surface area contributed by atoms with E-state index in [0.717, 1.165) is 5.69 Å². The Morgan fingerprint density at radius 2 is 0.784 bits per heavy atom. The summed E-state index contributed by atoms with van der Waals surface area (Å²) in [4.78, 5) is 0. The highest BCUT2D eigenvalue weighted by atomic mass is 32.1. The molecule has 0 fully saturated rings. The lowest BCUT2D eigenvalue weighted by Crippen LogP contribution is -1.95. The molecule has 0 aliphatic heterocycles. The van der Waals surface area contributed by atoms with Gasteiger partial charge in [0.15, 0.2) is 0 Å². The quantitative estimate of drug-likeness (QED) is 0.177. The molecular formula is C48H30N2S. The molecule has 0 unspecified atom stereocenters. The van der Waals surface area contributed by atoms with Gasteiger partial charge < -0.3 is 9.13 Å². The molecule has 3 heterocycles. The molecule has 238 valence electrons. The van der Waals surface area contributed by atoms with Gasteiger partial charge in [-0.25, -0.2) is 0 Å². The minimum absolute atomic E-state index is 1.16. The van der Waals surface area contributed by atoms with Gasteiger partial charge in [0.1, 0.15) is 0 Å². The number of hydrogen-bond acceptors (Lipinski definition) is 1. The standard InChI is InChI=1S/C48H30N2S/c1-5-16-43-37(10-1)38-11-2-6-17-44(38)50(43)35-28-29-46-42(30-35)39-12-3-7-18-45(39)49(46)34-26-24-32(25-27-34)31-20-22-33(23-21-31)36-14-9-15-41-40-13-4-8-19-47(40)51-48(36)41/h1-30H. The molecule has 3 aromatic heterocycles.